The minimum absolute atomic E-state index is 0. The molecule has 0 saturated carbocycles. The molecule has 0 heterocycles. The Hall–Kier alpha value is 1.11. The van der Waals surface area contributed by atoms with Crippen LogP contribution in [0, 0.1) is 0 Å². The van der Waals surface area contributed by atoms with Gasteiger partial charge in [0, 0.05) is 0 Å². The first kappa shape index (κ1) is 188. The summed E-state index contributed by atoms with van der Waals surface area (Å²) >= 11 is 0.822. The molecule has 0 rings (SSSR count). The minimum atomic E-state index is 0. The Kier molecular flexibility index (Phi) is 10100. The van der Waals surface area contributed by atoms with Crippen LogP contribution < -0.4 is 0 Å². The molecule has 0 amide bonds. The monoisotopic (exact) mass is 250 g/mol. The topological polar surface area (TPSA) is 220 Å². The second-order valence-corrected chi connectivity index (χ2v) is 0. The van der Waals surface area contributed by atoms with Crippen molar-refractivity contribution in [2.24, 2.45) is 0 Å². The summed E-state index contributed by atoms with van der Waals surface area (Å²) in [6, 6.07) is 0. The number of hydrogen-bond donors (Lipinski definition) is 0. The maximum atomic E-state index is 4.77. The quantitative estimate of drug-likeness (QED) is 0.393. The summed E-state index contributed by atoms with van der Waals surface area (Å²) in [7, 11) is 4.77. The van der Waals surface area contributed by atoms with Crippen LogP contribution in [0.4, 0.5) is 0 Å². The van der Waals surface area contributed by atoms with Crippen molar-refractivity contribution >= 4 is 7.33 Å². The van der Waals surface area contributed by atoms with E-state index in [9.17, 15) is 0 Å². The predicted octanol–water partition coefficient (Wildman–Crippen LogP) is -5.09. The number of halogens is 1. The third-order valence-corrected chi connectivity index (χ3v) is 0. The van der Waals surface area contributed by atoms with Crippen LogP contribution in [0.5, 0.6) is 0 Å². The van der Waals surface area contributed by atoms with Gasteiger partial charge in [0.25, 0.3) is 0 Å². The maximum absolute atomic E-state index is 4.77. The zero-order valence-corrected chi connectivity index (χ0v) is 8.05. The van der Waals surface area contributed by atoms with E-state index in [2.05, 4.69) is 0 Å². The van der Waals surface area contributed by atoms with E-state index in [0.717, 1.165) is 29.6 Å². The molecule has 0 aromatic heterocycles. The molecule has 66 valence electrons. The summed E-state index contributed by atoms with van der Waals surface area (Å²) in [5.41, 5.74) is 0. The zero-order valence-electron chi connectivity index (χ0n) is 4.46. The van der Waals surface area contributed by atoms with Gasteiger partial charge in [0.1, 0.15) is 0 Å². The first-order valence-electron chi connectivity index (χ1n) is 0.218. The van der Waals surface area contributed by atoms with E-state index in [0.29, 0.717) is 0 Å². The predicted molar refractivity (Wildman–Crippen MR) is 31.1 cm³/mol. The van der Waals surface area contributed by atoms with E-state index in [1.54, 1.807) is 0 Å². The Bertz CT molecular complexity index is 8.88. The molecule has 0 atom stereocenters. The Morgan fingerprint density at radius 1 is 0.444 bits per heavy atom. The summed E-state index contributed by atoms with van der Waals surface area (Å²) in [6.07, 6.45) is 0. The van der Waals surface area contributed by atoms with Gasteiger partial charge in [-0.25, -0.2) is 0 Å². The van der Waals surface area contributed by atoms with Crippen molar-refractivity contribution in [1.29, 1.82) is 0 Å². The normalized spacial score (nSPS) is 0.444. The van der Waals surface area contributed by atoms with E-state index in [1.807, 2.05) is 0 Å². The third-order valence-electron chi connectivity index (χ3n) is 0. The molecular formula is H14ClO7Y. The molecular weight excluding hydrogens is 236 g/mol. The summed E-state index contributed by atoms with van der Waals surface area (Å²) in [6.45, 7) is 0. The average Bonchev–Trinajstić information content (AvgIpc) is 1.00. The van der Waals surface area contributed by atoms with Gasteiger partial charge in [-0.1, -0.05) is 0 Å². The first-order valence-corrected chi connectivity index (χ1v) is 3.87. The summed E-state index contributed by atoms with van der Waals surface area (Å²) in [5.74, 6) is 0. The Balaban J connectivity index is -0.000000000238. The molecule has 0 fully saturated rings. The first-order chi connectivity index (χ1) is 1.00. The molecule has 7 nitrogen and oxygen atoms in total. The fourth-order valence-corrected chi connectivity index (χ4v) is 0. The molecule has 9 heavy (non-hydrogen) atoms. The standard InChI is InChI=1S/ClH.7H2O.Y/h1H;7*1H2;/q;;;;;;;;+1/p-1. The van der Waals surface area contributed by atoms with Gasteiger partial charge in [0.05, 0.1) is 0 Å². The average molecular weight is 250 g/mol. The fourth-order valence-electron chi connectivity index (χ4n) is 0. The van der Waals surface area contributed by atoms with E-state index in [-0.39, 0.29) is 38.3 Å². The molecule has 0 spiro atoms. The Morgan fingerprint density at radius 3 is 0.444 bits per heavy atom. The third kappa shape index (κ3) is 372. The zero-order chi connectivity index (χ0) is 2.00. The van der Waals surface area contributed by atoms with Crippen LogP contribution in [0.3, 0.4) is 0 Å². The van der Waals surface area contributed by atoms with Gasteiger partial charge >= 0.3 is 36.9 Å². The van der Waals surface area contributed by atoms with Crippen LogP contribution >= 0.6 is 7.33 Å². The van der Waals surface area contributed by atoms with Crippen LogP contribution in [-0.4, -0.2) is 38.3 Å². The fraction of sp³-hybridized carbons (Fsp3) is 0. The van der Waals surface area contributed by atoms with Gasteiger partial charge in [0.15, 0.2) is 0 Å². The molecule has 0 aromatic carbocycles. The molecule has 0 aliphatic rings. The summed E-state index contributed by atoms with van der Waals surface area (Å²) < 4.78 is 0. The van der Waals surface area contributed by atoms with Crippen molar-refractivity contribution < 1.29 is 67.9 Å². The van der Waals surface area contributed by atoms with Crippen molar-refractivity contribution in [3.63, 3.8) is 0 Å². The van der Waals surface area contributed by atoms with Gasteiger partial charge in [-0.2, -0.15) is 0 Å². The number of rotatable bonds is 0. The second-order valence-electron chi connectivity index (χ2n) is 0. The van der Waals surface area contributed by atoms with Crippen molar-refractivity contribution in [2.45, 2.75) is 0 Å². The molecule has 0 aromatic rings. The van der Waals surface area contributed by atoms with Gasteiger partial charge in [-0.3, -0.25) is 0 Å². The van der Waals surface area contributed by atoms with Crippen LogP contribution in [0.15, 0.2) is 0 Å². The van der Waals surface area contributed by atoms with Crippen molar-refractivity contribution in [2.75, 3.05) is 0 Å². The van der Waals surface area contributed by atoms with E-state index in [1.165, 1.54) is 0 Å². The second kappa shape index (κ2) is 484. The van der Waals surface area contributed by atoms with Crippen molar-refractivity contribution in [3.05, 3.63) is 0 Å². The summed E-state index contributed by atoms with van der Waals surface area (Å²) in [5, 5.41) is 0. The molecule has 14 N–H and O–H groups in total. The van der Waals surface area contributed by atoms with E-state index >= 15 is 0 Å². The molecule has 0 aliphatic heterocycles. The Morgan fingerprint density at radius 2 is 0.444 bits per heavy atom. The Labute approximate surface area is 75.1 Å². The molecule has 0 aliphatic carbocycles. The van der Waals surface area contributed by atoms with E-state index in [4.69, 9.17) is 7.33 Å². The van der Waals surface area contributed by atoms with Gasteiger partial charge in [0.2, 0.25) is 0 Å². The molecule has 0 radical (unpaired) electrons. The van der Waals surface area contributed by atoms with E-state index < -0.39 is 0 Å². The molecule has 9 heteroatoms. The SMILES string of the molecule is O.O.O.O.O.O.O.[Cl][Y]. The number of hydrogen-bond acceptors (Lipinski definition) is 0. The molecule has 0 bridgehead atoms. The van der Waals surface area contributed by atoms with Gasteiger partial charge in [-0.15, -0.1) is 0 Å². The van der Waals surface area contributed by atoms with Crippen LogP contribution in [0.25, 0.3) is 0 Å². The van der Waals surface area contributed by atoms with Gasteiger partial charge < -0.3 is 38.3 Å². The van der Waals surface area contributed by atoms with Crippen molar-refractivity contribution in [3.8, 4) is 0 Å². The molecule has 0 unspecified atom stereocenters. The van der Waals surface area contributed by atoms with Crippen LogP contribution in [0.1, 0.15) is 0 Å². The van der Waals surface area contributed by atoms with Crippen LogP contribution in [0.2, 0.25) is 0 Å². The summed E-state index contributed by atoms with van der Waals surface area (Å²) in [4.78, 5) is 0. The van der Waals surface area contributed by atoms with Gasteiger partial charge in [-0.05, 0) is 0 Å². The van der Waals surface area contributed by atoms with Crippen molar-refractivity contribution in [1.82, 2.24) is 0 Å². The van der Waals surface area contributed by atoms with Crippen LogP contribution in [-0.2, 0) is 29.6 Å². The molecule has 0 saturated heterocycles.